The van der Waals surface area contributed by atoms with E-state index in [1.165, 1.54) is 0 Å². The van der Waals surface area contributed by atoms with Crippen molar-refractivity contribution in [1.29, 1.82) is 0 Å². The molecule has 1 unspecified atom stereocenters. The molecule has 1 atom stereocenters. The summed E-state index contributed by atoms with van der Waals surface area (Å²) in [6.45, 7) is -1.34. The van der Waals surface area contributed by atoms with Gasteiger partial charge in [-0.05, 0) is 17.8 Å². The van der Waals surface area contributed by atoms with E-state index in [1.807, 2.05) is 5.32 Å². The van der Waals surface area contributed by atoms with Crippen LogP contribution in [-0.4, -0.2) is 40.8 Å². The normalized spacial score (nSPS) is 13.8. The van der Waals surface area contributed by atoms with Crippen molar-refractivity contribution in [2.24, 2.45) is 5.92 Å². The summed E-state index contributed by atoms with van der Waals surface area (Å²) in [7, 11) is 0. The molecule has 0 aliphatic rings. The van der Waals surface area contributed by atoms with Crippen LogP contribution < -0.4 is 10.6 Å². The molecule has 0 heterocycles. The van der Waals surface area contributed by atoms with Crippen LogP contribution in [0.25, 0.3) is 0 Å². The van der Waals surface area contributed by atoms with Gasteiger partial charge in [-0.1, -0.05) is 30.3 Å². The first kappa shape index (κ1) is 21.9. The zero-order valence-corrected chi connectivity index (χ0v) is 13.6. The second-order valence-electron chi connectivity index (χ2n) is 5.14. The number of hydrogen-bond donors (Lipinski definition) is 3. The minimum atomic E-state index is -6.61. The van der Waals surface area contributed by atoms with Crippen LogP contribution in [0.3, 0.4) is 0 Å². The molecular weight excluding hydrogens is 393 g/mol. The molecule has 0 aliphatic heterocycles. The molecular formula is C14H13F7N2O2S. The molecule has 26 heavy (non-hydrogen) atoms. The molecule has 0 aromatic heterocycles. The van der Waals surface area contributed by atoms with Gasteiger partial charge in [-0.15, -0.1) is 0 Å². The molecule has 1 aromatic rings. The standard InChI is InChI=1S/C14H13F7N2O2S/c15-12(16,13(17,18)14(19,20)21)9(10(24)25)7-23-11(26)22-6-8-4-2-1-3-5-8/h1-5,9H,6-7H2,(H,24,25)(H2,22,23,26). The fourth-order valence-electron chi connectivity index (χ4n) is 1.81. The van der Waals surface area contributed by atoms with E-state index in [4.69, 9.17) is 5.11 Å². The van der Waals surface area contributed by atoms with Gasteiger partial charge in [0.25, 0.3) is 0 Å². The molecule has 0 saturated heterocycles. The molecule has 0 amide bonds. The molecule has 0 fully saturated rings. The molecule has 0 radical (unpaired) electrons. The van der Waals surface area contributed by atoms with Crippen molar-refractivity contribution in [3.63, 3.8) is 0 Å². The SMILES string of the molecule is O=C(O)C(CNC(=S)NCc1ccccc1)C(F)(F)C(F)(F)C(F)(F)F. The smallest absolute Gasteiger partial charge is 0.459 e. The lowest BCUT2D eigenvalue weighted by Gasteiger charge is -2.32. The third-order valence-electron chi connectivity index (χ3n) is 3.27. The molecule has 0 bridgehead atoms. The Morgan fingerprint density at radius 1 is 1.04 bits per heavy atom. The highest BCUT2D eigenvalue weighted by Gasteiger charge is 2.76. The number of carbonyl (C=O) groups is 1. The van der Waals surface area contributed by atoms with Crippen LogP contribution in [-0.2, 0) is 11.3 Å². The minimum Gasteiger partial charge on any atom is -0.481 e. The van der Waals surface area contributed by atoms with Crippen LogP contribution in [0.1, 0.15) is 5.56 Å². The van der Waals surface area contributed by atoms with Crippen molar-refractivity contribution < 1.29 is 40.6 Å². The molecule has 4 nitrogen and oxygen atoms in total. The van der Waals surface area contributed by atoms with Gasteiger partial charge < -0.3 is 15.7 Å². The maximum absolute atomic E-state index is 13.6. The van der Waals surface area contributed by atoms with Gasteiger partial charge in [-0.2, -0.15) is 30.7 Å². The first-order chi connectivity index (χ1) is 11.8. The molecule has 0 spiro atoms. The van der Waals surface area contributed by atoms with Crippen molar-refractivity contribution in [1.82, 2.24) is 10.6 Å². The first-order valence-electron chi connectivity index (χ1n) is 6.91. The summed E-state index contributed by atoms with van der Waals surface area (Å²) in [6.07, 6.45) is -6.61. The van der Waals surface area contributed by atoms with Crippen LogP contribution in [0, 0.1) is 5.92 Å². The summed E-state index contributed by atoms with van der Waals surface area (Å²) in [5.41, 5.74) is 0.709. The van der Waals surface area contributed by atoms with E-state index in [0.717, 1.165) is 0 Å². The predicted molar refractivity (Wildman–Crippen MR) is 81.0 cm³/mol. The number of aliphatic carboxylic acids is 1. The van der Waals surface area contributed by atoms with E-state index in [0.29, 0.717) is 5.56 Å². The number of carboxylic acids is 1. The Labute approximate surface area is 148 Å². The van der Waals surface area contributed by atoms with Gasteiger partial charge in [-0.25, -0.2) is 0 Å². The Balaban J connectivity index is 2.76. The maximum atomic E-state index is 13.6. The zero-order chi connectivity index (χ0) is 20.2. The first-order valence-corrected chi connectivity index (χ1v) is 7.32. The second-order valence-corrected chi connectivity index (χ2v) is 5.54. The van der Waals surface area contributed by atoms with Crippen LogP contribution in [0.4, 0.5) is 30.7 Å². The van der Waals surface area contributed by atoms with Crippen molar-refractivity contribution in [2.75, 3.05) is 6.54 Å². The lowest BCUT2D eigenvalue weighted by atomic mass is 9.95. The van der Waals surface area contributed by atoms with E-state index >= 15 is 0 Å². The van der Waals surface area contributed by atoms with Gasteiger partial charge in [0.05, 0.1) is 0 Å². The number of alkyl halides is 7. The number of halogens is 7. The average Bonchev–Trinajstić information content (AvgIpc) is 2.52. The Hall–Kier alpha value is -2.11. The molecule has 1 aromatic carbocycles. The third kappa shape index (κ3) is 4.96. The number of nitrogens with one attached hydrogen (secondary N) is 2. The van der Waals surface area contributed by atoms with Gasteiger partial charge >= 0.3 is 24.0 Å². The molecule has 1 rings (SSSR count). The van der Waals surface area contributed by atoms with Crippen LogP contribution in [0.5, 0.6) is 0 Å². The third-order valence-corrected chi connectivity index (χ3v) is 3.56. The minimum absolute atomic E-state index is 0.0967. The maximum Gasteiger partial charge on any atom is 0.459 e. The molecule has 3 N–H and O–H groups in total. The summed E-state index contributed by atoms with van der Waals surface area (Å²) in [5.74, 6) is -18.3. The van der Waals surface area contributed by atoms with Crippen LogP contribution >= 0.6 is 12.2 Å². The fraction of sp³-hybridized carbons (Fsp3) is 0.429. The van der Waals surface area contributed by atoms with Crippen molar-refractivity contribution in [3.8, 4) is 0 Å². The topological polar surface area (TPSA) is 61.4 Å². The van der Waals surface area contributed by atoms with Gasteiger partial charge in [0.15, 0.2) is 5.11 Å². The van der Waals surface area contributed by atoms with Crippen LogP contribution in [0.2, 0.25) is 0 Å². The van der Waals surface area contributed by atoms with Gasteiger partial charge in [0.2, 0.25) is 0 Å². The molecule has 0 saturated carbocycles. The van der Waals surface area contributed by atoms with E-state index in [9.17, 15) is 35.5 Å². The second kappa shape index (κ2) is 8.06. The van der Waals surface area contributed by atoms with Crippen molar-refractivity contribution in [3.05, 3.63) is 35.9 Å². The summed E-state index contributed by atoms with van der Waals surface area (Å²) in [4.78, 5) is 10.8. The highest BCUT2D eigenvalue weighted by Crippen LogP contribution is 2.49. The Morgan fingerprint density at radius 2 is 1.58 bits per heavy atom. The molecule has 0 aliphatic carbocycles. The van der Waals surface area contributed by atoms with Crippen LogP contribution in [0.15, 0.2) is 30.3 Å². The Morgan fingerprint density at radius 3 is 2.04 bits per heavy atom. The Kier molecular flexibility index (Phi) is 6.80. The summed E-state index contributed by atoms with van der Waals surface area (Å²) >= 11 is 4.68. The number of hydrogen-bond acceptors (Lipinski definition) is 2. The van der Waals surface area contributed by atoms with Gasteiger partial charge in [-0.3, -0.25) is 4.79 Å². The summed E-state index contributed by atoms with van der Waals surface area (Å²) in [6, 6.07) is 8.45. The average molecular weight is 406 g/mol. The largest absolute Gasteiger partial charge is 0.481 e. The number of carboxylic acid groups (broad SMARTS) is 1. The summed E-state index contributed by atoms with van der Waals surface area (Å²) < 4.78 is 89.7. The Bertz CT molecular complexity index is 638. The lowest BCUT2D eigenvalue weighted by molar-refractivity contribution is -0.363. The monoisotopic (exact) mass is 406 g/mol. The van der Waals surface area contributed by atoms with Gasteiger partial charge in [0, 0.05) is 13.1 Å². The molecule has 146 valence electrons. The fourth-order valence-corrected chi connectivity index (χ4v) is 1.97. The van der Waals surface area contributed by atoms with E-state index < -0.39 is 36.5 Å². The predicted octanol–water partition coefficient (Wildman–Crippen LogP) is 3.18. The van der Waals surface area contributed by atoms with Crippen molar-refractivity contribution >= 4 is 23.3 Å². The lowest BCUT2D eigenvalue weighted by Crippen LogP contribution is -2.59. The van der Waals surface area contributed by atoms with E-state index in [2.05, 4.69) is 17.5 Å². The summed E-state index contributed by atoms with van der Waals surface area (Å²) in [5, 5.41) is 12.7. The zero-order valence-electron chi connectivity index (χ0n) is 12.8. The van der Waals surface area contributed by atoms with Gasteiger partial charge in [0.1, 0.15) is 5.92 Å². The van der Waals surface area contributed by atoms with E-state index in [1.54, 1.807) is 30.3 Å². The quantitative estimate of drug-likeness (QED) is 0.480. The highest BCUT2D eigenvalue weighted by molar-refractivity contribution is 7.80. The van der Waals surface area contributed by atoms with Crippen molar-refractivity contribution in [2.45, 2.75) is 24.6 Å². The number of rotatable bonds is 7. The molecule has 12 heteroatoms. The number of benzene rings is 1. The van der Waals surface area contributed by atoms with E-state index in [-0.39, 0.29) is 11.7 Å². The highest BCUT2D eigenvalue weighted by atomic mass is 32.1. The number of thiocarbonyl (C=S) groups is 1.